The second-order valence-corrected chi connectivity index (χ2v) is 6.27. The van der Waals surface area contributed by atoms with E-state index in [0.717, 1.165) is 17.7 Å². The molecule has 1 aromatic carbocycles. The van der Waals surface area contributed by atoms with Crippen LogP contribution in [0.15, 0.2) is 29.2 Å². The SMILES string of the molecule is CCOC(=O)C(N)(CSc1cccc(Cl)c1)C1CC1. The minimum absolute atomic E-state index is 0.248. The van der Waals surface area contributed by atoms with Crippen molar-refractivity contribution < 1.29 is 9.53 Å². The van der Waals surface area contributed by atoms with Gasteiger partial charge in [0.2, 0.25) is 0 Å². The first-order chi connectivity index (χ1) is 9.06. The monoisotopic (exact) mass is 299 g/mol. The van der Waals surface area contributed by atoms with Gasteiger partial charge in [-0.3, -0.25) is 4.79 Å². The van der Waals surface area contributed by atoms with Crippen LogP contribution in [0.25, 0.3) is 0 Å². The Kier molecular flexibility index (Phi) is 4.76. The van der Waals surface area contributed by atoms with Crippen LogP contribution in [0.2, 0.25) is 5.02 Å². The van der Waals surface area contributed by atoms with Crippen LogP contribution in [0.5, 0.6) is 0 Å². The molecule has 2 rings (SSSR count). The van der Waals surface area contributed by atoms with E-state index in [2.05, 4.69) is 0 Å². The van der Waals surface area contributed by atoms with Gasteiger partial charge in [0.05, 0.1) is 6.61 Å². The molecule has 0 heterocycles. The van der Waals surface area contributed by atoms with Crippen LogP contribution >= 0.6 is 23.4 Å². The van der Waals surface area contributed by atoms with Crippen molar-refractivity contribution in [1.82, 2.24) is 0 Å². The third-order valence-corrected chi connectivity index (χ3v) is 4.68. The molecule has 1 unspecified atom stereocenters. The van der Waals surface area contributed by atoms with Gasteiger partial charge in [-0.2, -0.15) is 0 Å². The van der Waals surface area contributed by atoms with Crippen molar-refractivity contribution in [3.63, 3.8) is 0 Å². The Morgan fingerprint density at radius 3 is 2.89 bits per heavy atom. The normalized spacial score (nSPS) is 17.8. The number of halogens is 1. The van der Waals surface area contributed by atoms with Crippen LogP contribution in [-0.2, 0) is 9.53 Å². The first-order valence-corrected chi connectivity index (χ1v) is 7.77. The number of ether oxygens (including phenoxy) is 1. The van der Waals surface area contributed by atoms with E-state index in [1.165, 1.54) is 0 Å². The summed E-state index contributed by atoms with van der Waals surface area (Å²) >= 11 is 7.50. The number of rotatable bonds is 6. The zero-order valence-corrected chi connectivity index (χ0v) is 12.5. The van der Waals surface area contributed by atoms with Gasteiger partial charge in [0.15, 0.2) is 0 Å². The molecule has 0 aromatic heterocycles. The molecule has 1 atom stereocenters. The number of carbonyl (C=O) groups excluding carboxylic acids is 1. The zero-order valence-electron chi connectivity index (χ0n) is 10.9. The van der Waals surface area contributed by atoms with E-state index < -0.39 is 5.54 Å². The Bertz CT molecular complexity index is 465. The largest absolute Gasteiger partial charge is 0.465 e. The van der Waals surface area contributed by atoms with E-state index in [1.807, 2.05) is 24.3 Å². The van der Waals surface area contributed by atoms with E-state index in [-0.39, 0.29) is 11.9 Å². The molecule has 19 heavy (non-hydrogen) atoms. The number of hydrogen-bond donors (Lipinski definition) is 1. The lowest BCUT2D eigenvalue weighted by molar-refractivity contribution is -0.149. The molecule has 104 valence electrons. The minimum atomic E-state index is -0.872. The molecule has 1 aromatic rings. The molecule has 1 aliphatic rings. The third-order valence-electron chi connectivity index (χ3n) is 3.24. The van der Waals surface area contributed by atoms with Gasteiger partial charge in [-0.05, 0) is 43.9 Å². The Morgan fingerprint density at radius 1 is 1.58 bits per heavy atom. The highest BCUT2D eigenvalue weighted by Gasteiger charge is 2.49. The summed E-state index contributed by atoms with van der Waals surface area (Å²) in [7, 11) is 0. The summed E-state index contributed by atoms with van der Waals surface area (Å²) in [6, 6.07) is 7.57. The molecule has 0 saturated heterocycles. The summed E-state index contributed by atoms with van der Waals surface area (Å²) in [6.45, 7) is 2.17. The topological polar surface area (TPSA) is 52.3 Å². The minimum Gasteiger partial charge on any atom is -0.465 e. The van der Waals surface area contributed by atoms with Gasteiger partial charge in [-0.25, -0.2) is 0 Å². The maximum atomic E-state index is 12.0. The van der Waals surface area contributed by atoms with E-state index in [0.29, 0.717) is 17.4 Å². The second kappa shape index (κ2) is 6.16. The molecule has 0 amide bonds. The fraction of sp³-hybridized carbons (Fsp3) is 0.500. The van der Waals surface area contributed by atoms with Gasteiger partial charge >= 0.3 is 5.97 Å². The van der Waals surface area contributed by atoms with Crippen molar-refractivity contribution >= 4 is 29.3 Å². The fourth-order valence-electron chi connectivity index (χ4n) is 1.97. The summed E-state index contributed by atoms with van der Waals surface area (Å²) in [5.74, 6) is 0.488. The molecule has 3 nitrogen and oxygen atoms in total. The molecular weight excluding hydrogens is 282 g/mol. The highest BCUT2D eigenvalue weighted by molar-refractivity contribution is 7.99. The number of nitrogens with two attached hydrogens (primary N) is 1. The smallest absolute Gasteiger partial charge is 0.327 e. The summed E-state index contributed by atoms with van der Waals surface area (Å²) in [4.78, 5) is 13.1. The molecule has 1 saturated carbocycles. The van der Waals surface area contributed by atoms with Gasteiger partial charge < -0.3 is 10.5 Å². The highest BCUT2D eigenvalue weighted by Crippen LogP contribution is 2.41. The molecule has 1 fully saturated rings. The Morgan fingerprint density at radius 2 is 2.32 bits per heavy atom. The average molecular weight is 300 g/mol. The van der Waals surface area contributed by atoms with Crippen LogP contribution in [0.4, 0.5) is 0 Å². The van der Waals surface area contributed by atoms with E-state index in [9.17, 15) is 4.79 Å². The quantitative estimate of drug-likeness (QED) is 0.648. The van der Waals surface area contributed by atoms with Crippen molar-refractivity contribution in [2.45, 2.75) is 30.2 Å². The van der Waals surface area contributed by atoms with Gasteiger partial charge in [-0.15, -0.1) is 11.8 Å². The molecular formula is C14H18ClNO2S. The first-order valence-electron chi connectivity index (χ1n) is 6.40. The molecule has 5 heteroatoms. The number of esters is 1. The molecule has 2 N–H and O–H groups in total. The van der Waals surface area contributed by atoms with Crippen LogP contribution in [-0.4, -0.2) is 23.9 Å². The maximum absolute atomic E-state index is 12.0. The van der Waals surface area contributed by atoms with Crippen molar-refractivity contribution in [1.29, 1.82) is 0 Å². The van der Waals surface area contributed by atoms with Crippen molar-refractivity contribution in [3.8, 4) is 0 Å². The summed E-state index contributed by atoms with van der Waals surface area (Å²) in [6.07, 6.45) is 2.01. The van der Waals surface area contributed by atoms with Gasteiger partial charge in [-0.1, -0.05) is 17.7 Å². The van der Waals surface area contributed by atoms with Gasteiger partial charge in [0.1, 0.15) is 5.54 Å². The highest BCUT2D eigenvalue weighted by atomic mass is 35.5. The van der Waals surface area contributed by atoms with Crippen molar-refractivity contribution in [2.24, 2.45) is 11.7 Å². The fourth-order valence-corrected chi connectivity index (χ4v) is 3.37. The standard InChI is InChI=1S/C14H18ClNO2S/c1-2-18-13(17)14(16,10-6-7-10)9-19-12-5-3-4-11(15)8-12/h3-5,8,10H,2,6-7,9,16H2,1H3. The lowest BCUT2D eigenvalue weighted by Gasteiger charge is -2.26. The van der Waals surface area contributed by atoms with Crippen LogP contribution in [0, 0.1) is 5.92 Å². The number of carbonyl (C=O) groups is 1. The van der Waals surface area contributed by atoms with Crippen molar-refractivity contribution in [3.05, 3.63) is 29.3 Å². The van der Waals surface area contributed by atoms with Crippen LogP contribution < -0.4 is 5.73 Å². The second-order valence-electron chi connectivity index (χ2n) is 4.78. The number of thioether (sulfide) groups is 1. The molecule has 0 radical (unpaired) electrons. The summed E-state index contributed by atoms with van der Waals surface area (Å²) in [5.41, 5.74) is 5.42. The van der Waals surface area contributed by atoms with Crippen molar-refractivity contribution in [2.75, 3.05) is 12.4 Å². The molecule has 0 spiro atoms. The number of benzene rings is 1. The predicted molar refractivity (Wildman–Crippen MR) is 78.5 cm³/mol. The molecule has 1 aliphatic carbocycles. The lowest BCUT2D eigenvalue weighted by Crippen LogP contribution is -2.53. The summed E-state index contributed by atoms with van der Waals surface area (Å²) in [5, 5.41) is 0.690. The Balaban J connectivity index is 2.03. The van der Waals surface area contributed by atoms with E-state index in [1.54, 1.807) is 18.7 Å². The van der Waals surface area contributed by atoms with E-state index >= 15 is 0 Å². The predicted octanol–water partition coefficient (Wildman–Crippen LogP) is 3.10. The lowest BCUT2D eigenvalue weighted by atomic mass is 9.97. The number of hydrogen-bond acceptors (Lipinski definition) is 4. The van der Waals surface area contributed by atoms with Gasteiger partial charge in [0, 0.05) is 15.7 Å². The third kappa shape index (κ3) is 3.65. The average Bonchev–Trinajstić information content (AvgIpc) is 3.21. The zero-order chi connectivity index (χ0) is 13.9. The van der Waals surface area contributed by atoms with Crippen LogP contribution in [0.3, 0.4) is 0 Å². The first kappa shape index (κ1) is 14.7. The van der Waals surface area contributed by atoms with Gasteiger partial charge in [0.25, 0.3) is 0 Å². The Hall–Kier alpha value is -0.710. The summed E-state index contributed by atoms with van der Waals surface area (Å²) < 4.78 is 5.12. The van der Waals surface area contributed by atoms with Crippen LogP contribution in [0.1, 0.15) is 19.8 Å². The Labute approximate surface area is 122 Å². The molecule has 0 bridgehead atoms. The van der Waals surface area contributed by atoms with E-state index in [4.69, 9.17) is 22.1 Å². The molecule has 0 aliphatic heterocycles. The maximum Gasteiger partial charge on any atom is 0.327 e.